The van der Waals surface area contributed by atoms with Crippen LogP contribution in [0.25, 0.3) is 5.69 Å². The van der Waals surface area contributed by atoms with E-state index in [0.29, 0.717) is 12.2 Å². The molecule has 140 valence electrons. The molecule has 0 radical (unpaired) electrons. The van der Waals surface area contributed by atoms with E-state index in [2.05, 4.69) is 10.4 Å². The highest BCUT2D eigenvalue weighted by atomic mass is 19.4. The maximum atomic E-state index is 14.2. The number of alkyl halides is 4. The Morgan fingerprint density at radius 2 is 1.96 bits per heavy atom. The van der Waals surface area contributed by atoms with Crippen molar-refractivity contribution in [3.63, 3.8) is 0 Å². The molecule has 1 fully saturated rings. The second kappa shape index (κ2) is 6.71. The monoisotopic (exact) mass is 371 g/mol. The maximum absolute atomic E-state index is 14.2. The summed E-state index contributed by atoms with van der Waals surface area (Å²) >= 11 is 0. The highest BCUT2D eigenvalue weighted by Gasteiger charge is 2.47. The molecule has 2 aromatic rings. The third-order valence-corrected chi connectivity index (χ3v) is 4.44. The lowest BCUT2D eigenvalue weighted by Gasteiger charge is -2.39. The van der Waals surface area contributed by atoms with E-state index in [1.54, 1.807) is 6.20 Å². The number of halogens is 4. The summed E-state index contributed by atoms with van der Waals surface area (Å²) in [6, 6.07) is 4.61. The number of carboxylic acids is 1. The fourth-order valence-electron chi connectivity index (χ4n) is 2.97. The zero-order valence-corrected chi connectivity index (χ0v) is 13.6. The molecule has 0 atom stereocenters. The molecule has 0 saturated heterocycles. The van der Waals surface area contributed by atoms with Gasteiger partial charge in [0.2, 0.25) is 0 Å². The molecule has 0 amide bonds. The Labute approximate surface area is 146 Å². The fraction of sp³-hybridized carbons (Fsp3) is 0.412. The number of nitrogens with zero attached hydrogens (tertiary/aromatic N) is 2. The first-order valence-electron chi connectivity index (χ1n) is 8.00. The summed E-state index contributed by atoms with van der Waals surface area (Å²) in [6.45, 7) is 0.367. The van der Waals surface area contributed by atoms with Gasteiger partial charge in [-0.05, 0) is 37.1 Å². The molecular formula is C17H17F4N3O2. The van der Waals surface area contributed by atoms with Crippen molar-refractivity contribution in [1.29, 1.82) is 0 Å². The van der Waals surface area contributed by atoms with Crippen LogP contribution < -0.4 is 5.32 Å². The first-order chi connectivity index (χ1) is 12.2. The quantitative estimate of drug-likeness (QED) is 0.766. The van der Waals surface area contributed by atoms with Gasteiger partial charge in [0.05, 0.1) is 23.4 Å². The van der Waals surface area contributed by atoms with Crippen LogP contribution in [0.5, 0.6) is 0 Å². The molecular weight excluding hydrogens is 354 g/mol. The van der Waals surface area contributed by atoms with E-state index in [0.717, 1.165) is 17.7 Å². The normalized spacial score (nSPS) is 22.8. The highest BCUT2D eigenvalue weighted by molar-refractivity contribution is 5.71. The Morgan fingerprint density at radius 1 is 1.31 bits per heavy atom. The van der Waals surface area contributed by atoms with Gasteiger partial charge < -0.3 is 10.4 Å². The van der Waals surface area contributed by atoms with Gasteiger partial charge in [0.25, 0.3) is 0 Å². The summed E-state index contributed by atoms with van der Waals surface area (Å²) in [5, 5.41) is 15.8. The minimum atomic E-state index is -4.39. The molecule has 5 nitrogen and oxygen atoms in total. The smallest absolute Gasteiger partial charge is 0.416 e. The van der Waals surface area contributed by atoms with E-state index < -0.39 is 29.3 Å². The number of rotatable bonds is 6. The number of aliphatic carboxylic acids is 1. The molecule has 0 spiro atoms. The number of benzene rings is 1. The summed E-state index contributed by atoms with van der Waals surface area (Å²) in [5.74, 6) is -1.60. The molecule has 9 heteroatoms. The fourth-order valence-corrected chi connectivity index (χ4v) is 2.97. The number of carbonyl (C=O) groups is 1. The summed E-state index contributed by atoms with van der Waals surface area (Å²) in [4.78, 5) is 10.7. The summed E-state index contributed by atoms with van der Waals surface area (Å²) < 4.78 is 53.3. The van der Waals surface area contributed by atoms with Crippen molar-refractivity contribution in [1.82, 2.24) is 15.1 Å². The number of nitrogens with one attached hydrogen (secondary N) is 1. The highest BCUT2D eigenvalue weighted by Crippen LogP contribution is 2.40. The van der Waals surface area contributed by atoms with E-state index in [-0.39, 0.29) is 19.4 Å². The van der Waals surface area contributed by atoms with Crippen LogP contribution in [0.2, 0.25) is 0 Å². The molecule has 1 aromatic heterocycles. The summed E-state index contributed by atoms with van der Waals surface area (Å²) in [5.41, 5.74) is -1.02. The third-order valence-electron chi connectivity index (χ3n) is 4.44. The molecule has 1 saturated carbocycles. The Kier molecular flexibility index (Phi) is 4.74. The van der Waals surface area contributed by atoms with Crippen molar-refractivity contribution in [2.45, 2.75) is 31.2 Å². The zero-order chi connectivity index (χ0) is 18.9. The van der Waals surface area contributed by atoms with Crippen LogP contribution in [0, 0.1) is 5.92 Å². The third kappa shape index (κ3) is 4.04. The van der Waals surface area contributed by atoms with Gasteiger partial charge in [0.15, 0.2) is 0 Å². The molecule has 1 heterocycles. The van der Waals surface area contributed by atoms with Crippen LogP contribution >= 0.6 is 0 Å². The Morgan fingerprint density at radius 3 is 2.54 bits per heavy atom. The molecule has 1 aromatic carbocycles. The lowest BCUT2D eigenvalue weighted by molar-refractivity contribution is -0.151. The van der Waals surface area contributed by atoms with E-state index >= 15 is 0 Å². The van der Waals surface area contributed by atoms with Gasteiger partial charge in [-0.3, -0.25) is 4.79 Å². The van der Waals surface area contributed by atoms with Gasteiger partial charge in [-0.25, -0.2) is 9.07 Å². The van der Waals surface area contributed by atoms with Crippen LogP contribution in [0.1, 0.15) is 24.0 Å². The molecule has 2 N–H and O–H groups in total. The predicted octanol–water partition coefficient (Wildman–Crippen LogP) is 3.18. The Hall–Kier alpha value is -2.42. The van der Waals surface area contributed by atoms with Crippen LogP contribution in [-0.2, 0) is 17.5 Å². The average Bonchev–Trinajstić information content (AvgIpc) is 3.00. The lowest BCUT2D eigenvalue weighted by Crippen LogP contribution is -2.49. The molecule has 1 aliphatic carbocycles. The van der Waals surface area contributed by atoms with E-state index in [1.807, 2.05) is 0 Å². The van der Waals surface area contributed by atoms with Crippen molar-refractivity contribution in [2.75, 3.05) is 6.54 Å². The topological polar surface area (TPSA) is 67.2 Å². The van der Waals surface area contributed by atoms with Gasteiger partial charge >= 0.3 is 12.1 Å². The molecule has 0 unspecified atom stereocenters. The number of aromatic nitrogens is 2. The van der Waals surface area contributed by atoms with Crippen molar-refractivity contribution >= 4 is 5.97 Å². The summed E-state index contributed by atoms with van der Waals surface area (Å²) in [7, 11) is 0. The molecule has 1 aliphatic rings. The predicted molar refractivity (Wildman–Crippen MR) is 84.5 cm³/mol. The number of hydrogen-bond donors (Lipinski definition) is 2. The van der Waals surface area contributed by atoms with E-state index in [1.165, 1.54) is 23.0 Å². The second-order valence-electron chi connectivity index (χ2n) is 6.54. The SMILES string of the molecule is O=C(O)C1CC(F)(CNCc2cnn(-c3ccc(C(F)(F)F)cc3)c2)C1. The lowest BCUT2D eigenvalue weighted by atomic mass is 9.72. The van der Waals surface area contributed by atoms with Crippen LogP contribution in [-0.4, -0.2) is 33.1 Å². The minimum Gasteiger partial charge on any atom is -0.481 e. The Bertz CT molecular complexity index is 780. The van der Waals surface area contributed by atoms with Crippen LogP contribution in [0.4, 0.5) is 17.6 Å². The van der Waals surface area contributed by atoms with Crippen LogP contribution in [0.15, 0.2) is 36.7 Å². The Balaban J connectivity index is 1.53. The number of hydrogen-bond acceptors (Lipinski definition) is 3. The second-order valence-corrected chi connectivity index (χ2v) is 6.54. The first kappa shape index (κ1) is 18.4. The average molecular weight is 371 g/mol. The minimum absolute atomic E-state index is 0.000148. The zero-order valence-electron chi connectivity index (χ0n) is 13.6. The van der Waals surface area contributed by atoms with E-state index in [4.69, 9.17) is 5.11 Å². The van der Waals surface area contributed by atoms with Gasteiger partial charge in [-0.2, -0.15) is 18.3 Å². The summed E-state index contributed by atoms with van der Waals surface area (Å²) in [6.07, 6.45) is -1.21. The number of carboxylic acid groups (broad SMARTS) is 1. The van der Waals surface area contributed by atoms with E-state index in [9.17, 15) is 22.4 Å². The van der Waals surface area contributed by atoms with Crippen molar-refractivity contribution in [2.24, 2.45) is 5.92 Å². The largest absolute Gasteiger partial charge is 0.481 e. The van der Waals surface area contributed by atoms with Crippen molar-refractivity contribution in [3.8, 4) is 5.69 Å². The molecule has 0 bridgehead atoms. The standard InChI is InChI=1S/C17H17F4N3O2/c18-16(5-12(6-16)15(25)26)10-22-7-11-8-23-24(9-11)14-3-1-13(2-4-14)17(19,20)21/h1-4,8-9,12,22H,5-7,10H2,(H,25,26). The molecule has 0 aliphatic heterocycles. The van der Waals surface area contributed by atoms with Gasteiger partial charge in [0.1, 0.15) is 5.67 Å². The first-order valence-corrected chi connectivity index (χ1v) is 8.00. The molecule has 26 heavy (non-hydrogen) atoms. The van der Waals surface area contributed by atoms with Gasteiger partial charge in [0, 0.05) is 24.8 Å². The molecule has 3 rings (SSSR count). The van der Waals surface area contributed by atoms with Gasteiger partial charge in [-0.15, -0.1) is 0 Å². The van der Waals surface area contributed by atoms with Gasteiger partial charge in [-0.1, -0.05) is 0 Å². The van der Waals surface area contributed by atoms with Crippen LogP contribution in [0.3, 0.4) is 0 Å². The van der Waals surface area contributed by atoms with Crippen molar-refractivity contribution < 1.29 is 27.5 Å². The van der Waals surface area contributed by atoms with Crippen molar-refractivity contribution in [3.05, 3.63) is 47.8 Å². The maximum Gasteiger partial charge on any atom is 0.416 e.